The molecule has 112 valence electrons. The number of fused-ring (bicyclic) bond motifs is 1. The molecular formula is C16H19NO2S2. The van der Waals surface area contributed by atoms with E-state index >= 15 is 0 Å². The van der Waals surface area contributed by atoms with Crippen molar-refractivity contribution in [2.24, 2.45) is 5.73 Å². The number of nitrogens with two attached hydrogens (primary N) is 1. The zero-order chi connectivity index (χ0) is 14.8. The van der Waals surface area contributed by atoms with Crippen molar-refractivity contribution in [2.75, 3.05) is 13.2 Å². The average Bonchev–Trinajstić information content (AvgIpc) is 2.90. The molecule has 0 spiro atoms. The number of hydrogen-bond acceptors (Lipinski definition) is 5. The van der Waals surface area contributed by atoms with Crippen LogP contribution in [0.1, 0.15) is 21.9 Å². The lowest BCUT2D eigenvalue weighted by atomic mass is 10.2. The summed E-state index contributed by atoms with van der Waals surface area (Å²) in [6.07, 6.45) is 0. The van der Waals surface area contributed by atoms with Gasteiger partial charge in [-0.3, -0.25) is 0 Å². The van der Waals surface area contributed by atoms with E-state index in [0.29, 0.717) is 13.2 Å². The van der Waals surface area contributed by atoms with E-state index in [1.54, 1.807) is 11.8 Å². The van der Waals surface area contributed by atoms with Crippen molar-refractivity contribution < 1.29 is 9.47 Å². The summed E-state index contributed by atoms with van der Waals surface area (Å²) in [5, 5.41) is 0.256. The highest BCUT2D eigenvalue weighted by Crippen LogP contribution is 2.43. The molecule has 3 rings (SSSR count). The van der Waals surface area contributed by atoms with E-state index in [0.717, 1.165) is 16.4 Å². The first-order chi connectivity index (χ1) is 10.1. The third-order valence-corrected chi connectivity index (χ3v) is 5.99. The zero-order valence-corrected chi connectivity index (χ0v) is 13.8. The van der Waals surface area contributed by atoms with Gasteiger partial charge in [-0.1, -0.05) is 0 Å². The number of ether oxygens (including phenoxy) is 2. The third-order valence-electron chi connectivity index (χ3n) is 3.30. The van der Waals surface area contributed by atoms with Gasteiger partial charge in [-0.05, 0) is 44.2 Å². The molecule has 3 nitrogen and oxygen atoms in total. The average molecular weight is 321 g/mol. The Bertz CT molecular complexity index is 624. The van der Waals surface area contributed by atoms with Crippen LogP contribution in [0.5, 0.6) is 11.5 Å². The molecule has 0 bridgehead atoms. The van der Waals surface area contributed by atoms with Gasteiger partial charge in [0.2, 0.25) is 0 Å². The molecule has 0 radical (unpaired) electrons. The van der Waals surface area contributed by atoms with Gasteiger partial charge in [-0.2, -0.15) is 0 Å². The van der Waals surface area contributed by atoms with Gasteiger partial charge in [0, 0.05) is 20.7 Å². The Labute approximate surface area is 133 Å². The maximum Gasteiger partial charge on any atom is 0.162 e. The summed E-state index contributed by atoms with van der Waals surface area (Å²) in [5.74, 6) is 1.66. The van der Waals surface area contributed by atoms with Crippen molar-refractivity contribution in [1.29, 1.82) is 0 Å². The molecule has 2 heterocycles. The van der Waals surface area contributed by atoms with Gasteiger partial charge in [-0.15, -0.1) is 23.1 Å². The second-order valence-electron chi connectivity index (χ2n) is 5.15. The summed E-state index contributed by atoms with van der Waals surface area (Å²) < 4.78 is 11.2. The predicted molar refractivity (Wildman–Crippen MR) is 88.7 cm³/mol. The fraction of sp³-hybridized carbons (Fsp3) is 0.375. The van der Waals surface area contributed by atoms with E-state index in [1.807, 2.05) is 17.4 Å². The number of thioether (sulfide) groups is 1. The highest BCUT2D eigenvalue weighted by Gasteiger charge is 2.21. The largest absolute Gasteiger partial charge is 0.486 e. The number of hydrogen-bond donors (Lipinski definition) is 1. The van der Waals surface area contributed by atoms with Gasteiger partial charge < -0.3 is 15.2 Å². The molecule has 0 saturated heterocycles. The summed E-state index contributed by atoms with van der Waals surface area (Å²) in [4.78, 5) is 3.80. The van der Waals surface area contributed by atoms with Gasteiger partial charge in [0.1, 0.15) is 13.2 Å². The first-order valence-electron chi connectivity index (χ1n) is 7.02. The topological polar surface area (TPSA) is 44.5 Å². The highest BCUT2D eigenvalue weighted by molar-refractivity contribution is 7.99. The van der Waals surface area contributed by atoms with Gasteiger partial charge in [0.15, 0.2) is 11.5 Å². The Morgan fingerprint density at radius 2 is 1.90 bits per heavy atom. The molecule has 0 amide bonds. The van der Waals surface area contributed by atoms with Crippen LogP contribution >= 0.6 is 23.1 Å². The van der Waals surface area contributed by atoms with Crippen molar-refractivity contribution in [3.8, 4) is 11.5 Å². The van der Waals surface area contributed by atoms with Crippen LogP contribution in [0, 0.1) is 6.92 Å². The Morgan fingerprint density at radius 1 is 1.14 bits per heavy atom. The van der Waals surface area contributed by atoms with Crippen molar-refractivity contribution >= 4 is 23.1 Å². The monoisotopic (exact) mass is 321 g/mol. The Balaban J connectivity index is 1.83. The molecule has 2 atom stereocenters. The molecule has 2 unspecified atom stereocenters. The van der Waals surface area contributed by atoms with Crippen LogP contribution in [0.25, 0.3) is 0 Å². The van der Waals surface area contributed by atoms with E-state index in [1.165, 1.54) is 9.75 Å². The third kappa shape index (κ3) is 3.36. The first-order valence-corrected chi connectivity index (χ1v) is 8.71. The van der Waals surface area contributed by atoms with Gasteiger partial charge in [0.25, 0.3) is 0 Å². The minimum atomic E-state index is 0.0845. The van der Waals surface area contributed by atoms with E-state index < -0.39 is 0 Å². The van der Waals surface area contributed by atoms with E-state index in [9.17, 15) is 0 Å². The summed E-state index contributed by atoms with van der Waals surface area (Å²) >= 11 is 3.60. The molecule has 2 aromatic rings. The standard InChI is InChI=1S/C16H19NO2S2/c1-10-3-6-15(20-10)16(11(2)17)21-12-4-5-13-14(9-12)19-8-7-18-13/h3-6,9,11,16H,7-8,17H2,1-2H3. The van der Waals surface area contributed by atoms with E-state index in [-0.39, 0.29) is 11.3 Å². The molecule has 0 saturated carbocycles. The van der Waals surface area contributed by atoms with Crippen molar-refractivity contribution in [3.63, 3.8) is 0 Å². The number of rotatable bonds is 4. The Morgan fingerprint density at radius 3 is 2.57 bits per heavy atom. The molecule has 1 aliphatic rings. The second-order valence-corrected chi connectivity index (χ2v) is 7.69. The molecule has 0 fully saturated rings. The molecular weight excluding hydrogens is 302 g/mol. The smallest absolute Gasteiger partial charge is 0.162 e. The molecule has 5 heteroatoms. The second kappa shape index (κ2) is 6.30. The van der Waals surface area contributed by atoms with E-state index in [4.69, 9.17) is 15.2 Å². The quantitative estimate of drug-likeness (QED) is 0.864. The van der Waals surface area contributed by atoms with Crippen LogP contribution in [-0.2, 0) is 0 Å². The number of thiophene rings is 1. The normalized spacial score (nSPS) is 16.5. The van der Waals surface area contributed by atoms with E-state index in [2.05, 4.69) is 38.1 Å². The van der Waals surface area contributed by atoms with Gasteiger partial charge >= 0.3 is 0 Å². The number of benzene rings is 1. The van der Waals surface area contributed by atoms with Gasteiger partial charge in [0.05, 0.1) is 5.25 Å². The maximum atomic E-state index is 6.19. The lowest BCUT2D eigenvalue weighted by Crippen LogP contribution is -2.21. The summed E-state index contributed by atoms with van der Waals surface area (Å²) in [7, 11) is 0. The maximum absolute atomic E-state index is 6.19. The van der Waals surface area contributed by atoms with Crippen molar-refractivity contribution in [1.82, 2.24) is 0 Å². The summed E-state index contributed by atoms with van der Waals surface area (Å²) in [6.45, 7) is 5.42. The van der Waals surface area contributed by atoms with Gasteiger partial charge in [-0.25, -0.2) is 0 Å². The summed E-state index contributed by atoms with van der Waals surface area (Å²) in [5.41, 5.74) is 6.19. The van der Waals surface area contributed by atoms with Crippen molar-refractivity contribution in [3.05, 3.63) is 40.1 Å². The Kier molecular flexibility index (Phi) is 4.42. The molecule has 1 aliphatic heterocycles. The fourth-order valence-electron chi connectivity index (χ4n) is 2.27. The molecule has 21 heavy (non-hydrogen) atoms. The number of aryl methyl sites for hydroxylation is 1. The SMILES string of the molecule is Cc1ccc(C(Sc2ccc3c(c2)OCCO3)C(C)N)s1. The van der Waals surface area contributed by atoms with Crippen LogP contribution < -0.4 is 15.2 Å². The fourth-order valence-corrected chi connectivity index (χ4v) is 4.56. The van der Waals surface area contributed by atoms with Crippen LogP contribution in [0.4, 0.5) is 0 Å². The lowest BCUT2D eigenvalue weighted by molar-refractivity contribution is 0.171. The molecule has 1 aromatic carbocycles. The molecule has 1 aromatic heterocycles. The first kappa shape index (κ1) is 14.8. The molecule has 0 aliphatic carbocycles. The predicted octanol–water partition coefficient (Wildman–Crippen LogP) is 4.01. The molecule has 2 N–H and O–H groups in total. The summed E-state index contributed by atoms with van der Waals surface area (Å²) in [6, 6.07) is 10.5. The minimum Gasteiger partial charge on any atom is -0.486 e. The van der Waals surface area contributed by atoms with Crippen molar-refractivity contribution in [2.45, 2.75) is 30.0 Å². The van der Waals surface area contributed by atoms with Crippen LogP contribution in [0.3, 0.4) is 0 Å². The zero-order valence-electron chi connectivity index (χ0n) is 12.2. The lowest BCUT2D eigenvalue weighted by Gasteiger charge is -2.22. The highest BCUT2D eigenvalue weighted by atomic mass is 32.2. The Hall–Kier alpha value is -1.17. The minimum absolute atomic E-state index is 0.0845. The van der Waals surface area contributed by atoms with Crippen LogP contribution in [-0.4, -0.2) is 19.3 Å². The van der Waals surface area contributed by atoms with Crippen LogP contribution in [0.15, 0.2) is 35.2 Å². The van der Waals surface area contributed by atoms with Crippen LogP contribution in [0.2, 0.25) is 0 Å².